The van der Waals surface area contributed by atoms with Crippen LogP contribution in [-0.2, 0) is 11.3 Å². The molecule has 1 amide bonds. The fraction of sp³-hybridized carbons (Fsp3) is 0.333. The van der Waals surface area contributed by atoms with Crippen LogP contribution in [0.4, 0.5) is 4.79 Å². The van der Waals surface area contributed by atoms with Crippen LogP contribution in [-0.4, -0.2) is 12.7 Å². The number of aromatic amines is 1. The van der Waals surface area contributed by atoms with Gasteiger partial charge in [-0.2, -0.15) is 0 Å². The third kappa shape index (κ3) is 4.67. The van der Waals surface area contributed by atoms with Crippen LogP contribution in [0.5, 0.6) is 0 Å². The fourth-order valence-corrected chi connectivity index (χ4v) is 0.890. The Morgan fingerprint density at radius 2 is 2.36 bits per heavy atom. The Bertz CT molecular complexity index is 267. The molecule has 1 aromatic heterocycles. The molecule has 0 fully saturated rings. The van der Waals surface area contributed by atoms with Gasteiger partial charge >= 0.3 is 6.09 Å². The number of hydrogen-bond acceptors (Lipinski definition) is 2. The molecule has 0 unspecified atom stereocenters. The molecule has 5 heteroatoms. The molecule has 0 saturated heterocycles. The van der Waals surface area contributed by atoms with Crippen molar-refractivity contribution in [2.45, 2.75) is 13.5 Å². The summed E-state index contributed by atoms with van der Waals surface area (Å²) >= 11 is 0. The summed E-state index contributed by atoms with van der Waals surface area (Å²) < 4.78 is 4.70. The zero-order valence-electron chi connectivity index (χ0n) is 7.92. The maximum Gasteiger partial charge on any atom is 0.407 e. The molecule has 0 aromatic carbocycles. The van der Waals surface area contributed by atoms with Gasteiger partial charge in [-0.3, -0.25) is 0 Å². The summed E-state index contributed by atoms with van der Waals surface area (Å²) in [6, 6.07) is 5.68. The van der Waals surface area contributed by atoms with Crippen LogP contribution in [0, 0.1) is 0 Å². The van der Waals surface area contributed by atoms with E-state index in [4.69, 9.17) is 4.74 Å². The van der Waals surface area contributed by atoms with Crippen LogP contribution < -0.4 is 22.7 Å². The van der Waals surface area contributed by atoms with Crippen LogP contribution in [0.1, 0.15) is 12.6 Å². The minimum atomic E-state index is -0.389. The Morgan fingerprint density at radius 1 is 1.57 bits per heavy atom. The first-order valence-electron chi connectivity index (χ1n) is 4.19. The van der Waals surface area contributed by atoms with Gasteiger partial charge in [0, 0.05) is 12.1 Å². The van der Waals surface area contributed by atoms with Crippen LogP contribution in [0.15, 0.2) is 24.4 Å². The molecule has 1 heterocycles. The molecule has 0 bridgehead atoms. The van der Waals surface area contributed by atoms with E-state index in [0.29, 0.717) is 13.2 Å². The van der Waals surface area contributed by atoms with Crippen molar-refractivity contribution in [3.8, 4) is 0 Å². The lowest BCUT2D eigenvalue weighted by molar-refractivity contribution is -0.390. The highest BCUT2D eigenvalue weighted by atomic mass is 35.5. The van der Waals surface area contributed by atoms with Gasteiger partial charge in [-0.15, -0.1) is 0 Å². The van der Waals surface area contributed by atoms with Gasteiger partial charge in [0.05, 0.1) is 6.61 Å². The average Bonchev–Trinajstić information content (AvgIpc) is 2.17. The number of rotatable bonds is 3. The number of alkyl carbamates (subject to hydrolysis) is 1. The highest BCUT2D eigenvalue weighted by molar-refractivity contribution is 5.66. The number of hydrogen-bond donors (Lipinski definition) is 1. The molecular formula is C9H13ClN2O2. The highest BCUT2D eigenvalue weighted by Gasteiger charge is 2.02. The lowest BCUT2D eigenvalue weighted by Gasteiger charge is -2.01. The quantitative estimate of drug-likeness (QED) is 0.621. The van der Waals surface area contributed by atoms with E-state index >= 15 is 0 Å². The smallest absolute Gasteiger partial charge is 0.407 e. The predicted octanol–water partition coefficient (Wildman–Crippen LogP) is -2.25. The summed E-state index contributed by atoms with van der Waals surface area (Å²) in [6.07, 6.45) is 1.42. The SMILES string of the molecule is CCOC(=O)NCc1cccc[nH+]1.[Cl-]. The van der Waals surface area contributed by atoms with E-state index in [9.17, 15) is 4.79 Å². The topological polar surface area (TPSA) is 52.5 Å². The molecule has 0 saturated carbocycles. The van der Waals surface area contributed by atoms with Gasteiger partial charge < -0.3 is 22.5 Å². The molecule has 4 nitrogen and oxygen atoms in total. The summed E-state index contributed by atoms with van der Waals surface area (Å²) in [4.78, 5) is 13.9. The minimum Gasteiger partial charge on any atom is -1.00 e. The first-order chi connectivity index (χ1) is 6.33. The van der Waals surface area contributed by atoms with E-state index in [1.807, 2.05) is 24.4 Å². The Hall–Kier alpha value is -1.29. The van der Waals surface area contributed by atoms with Crippen LogP contribution in [0.25, 0.3) is 0 Å². The number of nitrogens with one attached hydrogen (secondary N) is 2. The molecule has 0 aliphatic rings. The monoisotopic (exact) mass is 216 g/mol. The number of carbonyl (C=O) groups excluding carboxylic acids is 1. The van der Waals surface area contributed by atoms with E-state index in [0.717, 1.165) is 5.69 Å². The largest absolute Gasteiger partial charge is 1.00 e. The molecule has 0 aliphatic carbocycles. The van der Waals surface area contributed by atoms with Crippen molar-refractivity contribution in [3.63, 3.8) is 0 Å². The van der Waals surface area contributed by atoms with Gasteiger partial charge in [0.15, 0.2) is 11.9 Å². The molecule has 0 aliphatic heterocycles. The molecule has 2 N–H and O–H groups in total. The third-order valence-electron chi connectivity index (χ3n) is 1.47. The Balaban J connectivity index is 0.00000169. The summed E-state index contributed by atoms with van der Waals surface area (Å²) in [5, 5.41) is 2.61. The van der Waals surface area contributed by atoms with Gasteiger partial charge in [0.25, 0.3) is 0 Å². The standard InChI is InChI=1S/C9H12N2O2.ClH/c1-2-13-9(12)11-7-8-5-3-4-6-10-8;/h3-6H,2,7H2,1H3,(H,11,12);1H. The maximum absolute atomic E-state index is 10.9. The van der Waals surface area contributed by atoms with Crippen molar-refractivity contribution < 1.29 is 26.9 Å². The molecule has 0 radical (unpaired) electrons. The number of halogens is 1. The molecule has 0 atom stereocenters. The molecule has 78 valence electrons. The second kappa shape index (κ2) is 7.15. The highest BCUT2D eigenvalue weighted by Crippen LogP contribution is 1.87. The van der Waals surface area contributed by atoms with E-state index < -0.39 is 0 Å². The van der Waals surface area contributed by atoms with Crippen molar-refractivity contribution >= 4 is 6.09 Å². The summed E-state index contributed by atoms with van der Waals surface area (Å²) in [5.41, 5.74) is 0.940. The molecule has 14 heavy (non-hydrogen) atoms. The molecule has 1 aromatic rings. The summed E-state index contributed by atoms with van der Waals surface area (Å²) in [6.45, 7) is 2.62. The van der Waals surface area contributed by atoms with Gasteiger partial charge in [0.1, 0.15) is 6.54 Å². The van der Waals surface area contributed by atoms with E-state index in [1.54, 1.807) is 6.92 Å². The third-order valence-corrected chi connectivity index (χ3v) is 1.47. The van der Waals surface area contributed by atoms with Crippen LogP contribution >= 0.6 is 0 Å². The molecule has 0 spiro atoms. The first kappa shape index (κ1) is 12.7. The van der Waals surface area contributed by atoms with Crippen molar-refractivity contribution in [2.24, 2.45) is 0 Å². The first-order valence-corrected chi connectivity index (χ1v) is 4.19. The van der Waals surface area contributed by atoms with Crippen LogP contribution in [0.3, 0.4) is 0 Å². The number of ether oxygens (including phenoxy) is 1. The average molecular weight is 217 g/mol. The Kier molecular flexibility index (Phi) is 6.49. The molecule has 1 rings (SSSR count). The zero-order valence-corrected chi connectivity index (χ0v) is 8.67. The number of carbonyl (C=O) groups is 1. The fourth-order valence-electron chi connectivity index (χ4n) is 0.890. The van der Waals surface area contributed by atoms with Crippen molar-refractivity contribution in [2.75, 3.05) is 6.61 Å². The van der Waals surface area contributed by atoms with Gasteiger partial charge in [-0.1, -0.05) is 6.07 Å². The Labute approximate surface area is 89.1 Å². The normalized spacial score (nSPS) is 8.64. The maximum atomic E-state index is 10.9. The number of pyridine rings is 1. The number of H-pyrrole nitrogens is 1. The van der Waals surface area contributed by atoms with E-state index in [-0.39, 0.29) is 18.5 Å². The van der Waals surface area contributed by atoms with E-state index in [2.05, 4.69) is 10.3 Å². The van der Waals surface area contributed by atoms with Crippen molar-refractivity contribution in [1.82, 2.24) is 5.32 Å². The summed E-state index contributed by atoms with van der Waals surface area (Å²) in [7, 11) is 0. The second-order valence-electron chi connectivity index (χ2n) is 2.46. The van der Waals surface area contributed by atoms with Crippen molar-refractivity contribution in [1.29, 1.82) is 0 Å². The van der Waals surface area contributed by atoms with Gasteiger partial charge in [-0.05, 0) is 6.92 Å². The van der Waals surface area contributed by atoms with Gasteiger partial charge in [0.2, 0.25) is 0 Å². The lowest BCUT2D eigenvalue weighted by Crippen LogP contribution is -3.00. The van der Waals surface area contributed by atoms with Gasteiger partial charge in [-0.25, -0.2) is 9.78 Å². The predicted molar refractivity (Wildman–Crippen MR) is 46.9 cm³/mol. The number of aromatic nitrogens is 1. The molecular weight excluding hydrogens is 204 g/mol. The summed E-state index contributed by atoms with van der Waals surface area (Å²) in [5.74, 6) is 0. The lowest BCUT2D eigenvalue weighted by atomic mass is 10.3. The van der Waals surface area contributed by atoms with Crippen molar-refractivity contribution in [3.05, 3.63) is 30.1 Å². The zero-order chi connectivity index (χ0) is 9.52. The minimum absolute atomic E-state index is 0. The Morgan fingerprint density at radius 3 is 2.93 bits per heavy atom. The van der Waals surface area contributed by atoms with E-state index in [1.165, 1.54) is 0 Å². The van der Waals surface area contributed by atoms with Crippen LogP contribution in [0.2, 0.25) is 0 Å². The second-order valence-corrected chi connectivity index (χ2v) is 2.46. The number of amides is 1.